The molecular weight excluding hydrogens is 240 g/mol. The van der Waals surface area contributed by atoms with Crippen LogP contribution in [-0.2, 0) is 9.59 Å². The van der Waals surface area contributed by atoms with Crippen LogP contribution in [0.2, 0.25) is 0 Å². The summed E-state index contributed by atoms with van der Waals surface area (Å²) < 4.78 is 0. The van der Waals surface area contributed by atoms with Gasteiger partial charge in [0.25, 0.3) is 0 Å². The molecule has 2 amide bonds. The Morgan fingerprint density at radius 1 is 1.16 bits per heavy atom. The van der Waals surface area contributed by atoms with E-state index in [0.717, 1.165) is 32.2 Å². The molecule has 0 radical (unpaired) electrons. The lowest BCUT2D eigenvalue weighted by Crippen LogP contribution is -2.46. The van der Waals surface area contributed by atoms with E-state index >= 15 is 0 Å². The summed E-state index contributed by atoms with van der Waals surface area (Å²) in [7, 11) is 0. The van der Waals surface area contributed by atoms with Gasteiger partial charge in [-0.05, 0) is 38.5 Å². The van der Waals surface area contributed by atoms with Gasteiger partial charge >= 0.3 is 0 Å². The number of amides is 2. The molecular formula is C15H26N2O2. The highest BCUT2D eigenvalue weighted by molar-refractivity contribution is 5.90. The van der Waals surface area contributed by atoms with Gasteiger partial charge in [0.15, 0.2) is 0 Å². The second-order valence-electron chi connectivity index (χ2n) is 6.35. The van der Waals surface area contributed by atoms with Crippen LogP contribution in [0, 0.1) is 5.92 Å². The molecule has 2 unspecified atom stereocenters. The summed E-state index contributed by atoms with van der Waals surface area (Å²) in [5.41, 5.74) is 0. The molecule has 2 fully saturated rings. The molecule has 2 aliphatic heterocycles. The summed E-state index contributed by atoms with van der Waals surface area (Å²) in [6.45, 7) is 7.90. The summed E-state index contributed by atoms with van der Waals surface area (Å²) in [5.74, 6) is 1.00. The maximum Gasteiger partial charge on any atom is 0.245 e. The first-order valence-electron chi connectivity index (χ1n) is 7.60. The van der Waals surface area contributed by atoms with Crippen LogP contribution >= 0.6 is 0 Å². The van der Waals surface area contributed by atoms with Crippen LogP contribution in [0.3, 0.4) is 0 Å². The van der Waals surface area contributed by atoms with Gasteiger partial charge in [-0.1, -0.05) is 13.8 Å². The van der Waals surface area contributed by atoms with Crippen LogP contribution in [0.25, 0.3) is 0 Å². The highest BCUT2D eigenvalue weighted by atomic mass is 16.2. The normalized spacial score (nSPS) is 25.8. The third-order valence-electron chi connectivity index (χ3n) is 4.40. The minimum atomic E-state index is -0.170. The molecule has 4 heteroatoms. The first-order chi connectivity index (χ1) is 9.00. The molecule has 0 N–H and O–H groups in total. The number of nitrogens with zero attached hydrogens (tertiary/aromatic N) is 2. The molecule has 2 atom stereocenters. The topological polar surface area (TPSA) is 40.6 Å². The van der Waals surface area contributed by atoms with Gasteiger partial charge in [0.2, 0.25) is 11.8 Å². The predicted molar refractivity (Wildman–Crippen MR) is 74.6 cm³/mol. The van der Waals surface area contributed by atoms with Gasteiger partial charge in [0, 0.05) is 25.6 Å². The lowest BCUT2D eigenvalue weighted by Gasteiger charge is -2.30. The Kier molecular flexibility index (Phi) is 4.48. The van der Waals surface area contributed by atoms with Crippen LogP contribution in [0.1, 0.15) is 52.9 Å². The van der Waals surface area contributed by atoms with Crippen LogP contribution < -0.4 is 0 Å². The van der Waals surface area contributed by atoms with E-state index in [4.69, 9.17) is 0 Å². The SMILES string of the molecule is CC(C)CCC(C)N1CCC(=O)N2CCCC2C1=O. The van der Waals surface area contributed by atoms with Crippen molar-refractivity contribution in [3.8, 4) is 0 Å². The van der Waals surface area contributed by atoms with Crippen molar-refractivity contribution < 1.29 is 9.59 Å². The fourth-order valence-electron chi connectivity index (χ4n) is 3.15. The van der Waals surface area contributed by atoms with E-state index in [1.165, 1.54) is 0 Å². The Bertz CT molecular complexity index is 354. The zero-order valence-electron chi connectivity index (χ0n) is 12.4. The minimum absolute atomic E-state index is 0.161. The quantitative estimate of drug-likeness (QED) is 0.781. The summed E-state index contributed by atoms with van der Waals surface area (Å²) in [6, 6.07) is 0.0831. The van der Waals surface area contributed by atoms with Gasteiger partial charge in [0.05, 0.1) is 0 Å². The molecule has 2 rings (SSSR count). The highest BCUT2D eigenvalue weighted by Crippen LogP contribution is 2.25. The monoisotopic (exact) mass is 266 g/mol. The number of carbonyl (C=O) groups is 2. The molecule has 2 heterocycles. The maximum atomic E-state index is 12.6. The second-order valence-corrected chi connectivity index (χ2v) is 6.35. The average molecular weight is 266 g/mol. The van der Waals surface area contributed by atoms with Crippen molar-refractivity contribution in [2.24, 2.45) is 5.92 Å². The Hall–Kier alpha value is -1.06. The van der Waals surface area contributed by atoms with Gasteiger partial charge < -0.3 is 9.80 Å². The van der Waals surface area contributed by atoms with Gasteiger partial charge in [-0.15, -0.1) is 0 Å². The van der Waals surface area contributed by atoms with E-state index in [9.17, 15) is 9.59 Å². The van der Waals surface area contributed by atoms with Crippen LogP contribution in [0.4, 0.5) is 0 Å². The molecule has 0 saturated carbocycles. The van der Waals surface area contributed by atoms with E-state index in [1.807, 2.05) is 4.90 Å². The summed E-state index contributed by atoms with van der Waals surface area (Å²) in [6.07, 6.45) is 4.47. The van der Waals surface area contributed by atoms with E-state index in [2.05, 4.69) is 20.8 Å². The van der Waals surface area contributed by atoms with Crippen molar-refractivity contribution >= 4 is 11.8 Å². The van der Waals surface area contributed by atoms with Gasteiger partial charge in [-0.2, -0.15) is 0 Å². The number of fused-ring (bicyclic) bond motifs is 1. The average Bonchev–Trinajstić information content (AvgIpc) is 2.81. The fourth-order valence-corrected chi connectivity index (χ4v) is 3.15. The van der Waals surface area contributed by atoms with E-state index in [1.54, 1.807) is 4.90 Å². The molecule has 2 saturated heterocycles. The molecule has 0 aromatic carbocycles. The van der Waals surface area contributed by atoms with Crippen molar-refractivity contribution in [1.82, 2.24) is 9.80 Å². The molecule has 0 bridgehead atoms. The number of hydrogen-bond acceptors (Lipinski definition) is 2. The maximum absolute atomic E-state index is 12.6. The molecule has 2 aliphatic rings. The number of hydrogen-bond donors (Lipinski definition) is 0. The van der Waals surface area contributed by atoms with E-state index < -0.39 is 0 Å². The Morgan fingerprint density at radius 3 is 2.58 bits per heavy atom. The lowest BCUT2D eigenvalue weighted by molar-refractivity contribution is -0.140. The van der Waals surface area contributed by atoms with Crippen molar-refractivity contribution in [3.05, 3.63) is 0 Å². The largest absolute Gasteiger partial charge is 0.338 e. The van der Waals surface area contributed by atoms with Crippen LogP contribution in [0.15, 0.2) is 0 Å². The zero-order chi connectivity index (χ0) is 14.0. The van der Waals surface area contributed by atoms with E-state index in [0.29, 0.717) is 18.9 Å². The number of rotatable bonds is 4. The third-order valence-corrected chi connectivity index (χ3v) is 4.40. The molecule has 0 aliphatic carbocycles. The van der Waals surface area contributed by atoms with Gasteiger partial charge in [0.1, 0.15) is 6.04 Å². The second kappa shape index (κ2) is 5.93. The van der Waals surface area contributed by atoms with E-state index in [-0.39, 0.29) is 23.9 Å². The summed E-state index contributed by atoms with van der Waals surface area (Å²) in [5, 5.41) is 0. The Balaban J connectivity index is 2.04. The molecule has 0 aromatic heterocycles. The third kappa shape index (κ3) is 3.10. The lowest BCUT2D eigenvalue weighted by atomic mass is 10.0. The Morgan fingerprint density at radius 2 is 1.89 bits per heavy atom. The minimum Gasteiger partial charge on any atom is -0.338 e. The van der Waals surface area contributed by atoms with Crippen molar-refractivity contribution in [1.29, 1.82) is 0 Å². The predicted octanol–water partition coefficient (Wildman–Crippen LogP) is 2.03. The van der Waals surface area contributed by atoms with Gasteiger partial charge in [-0.25, -0.2) is 0 Å². The first-order valence-corrected chi connectivity index (χ1v) is 7.60. The molecule has 4 nitrogen and oxygen atoms in total. The van der Waals surface area contributed by atoms with Crippen molar-refractivity contribution in [3.63, 3.8) is 0 Å². The smallest absolute Gasteiger partial charge is 0.245 e. The first kappa shape index (κ1) is 14.4. The van der Waals surface area contributed by atoms with Crippen molar-refractivity contribution in [2.75, 3.05) is 13.1 Å². The Labute approximate surface area is 116 Å². The molecule has 108 valence electrons. The van der Waals surface area contributed by atoms with Crippen LogP contribution in [0.5, 0.6) is 0 Å². The molecule has 0 aromatic rings. The van der Waals surface area contributed by atoms with Gasteiger partial charge in [-0.3, -0.25) is 9.59 Å². The fraction of sp³-hybridized carbons (Fsp3) is 0.867. The summed E-state index contributed by atoms with van der Waals surface area (Å²) in [4.78, 5) is 28.4. The zero-order valence-corrected chi connectivity index (χ0v) is 12.4. The van der Waals surface area contributed by atoms with Crippen molar-refractivity contribution in [2.45, 2.75) is 65.0 Å². The summed E-state index contributed by atoms with van der Waals surface area (Å²) >= 11 is 0. The van der Waals surface area contributed by atoms with Crippen LogP contribution in [-0.4, -0.2) is 46.8 Å². The highest BCUT2D eigenvalue weighted by Gasteiger charge is 2.40. The molecule has 19 heavy (non-hydrogen) atoms. The standard InChI is InChI=1S/C15H26N2O2/c1-11(2)6-7-12(3)16-10-8-14(18)17-9-4-5-13(17)15(16)19/h11-13H,4-10H2,1-3H3. The number of carbonyl (C=O) groups excluding carboxylic acids is 2. The molecule has 0 spiro atoms.